The quantitative estimate of drug-likeness (QED) is 0.594. The predicted octanol–water partition coefficient (Wildman–Crippen LogP) is 5.06. The molecule has 0 fully saturated rings. The van der Waals surface area contributed by atoms with Gasteiger partial charge in [-0.25, -0.2) is 4.39 Å². The van der Waals surface area contributed by atoms with E-state index in [1.54, 1.807) is 36.5 Å². The number of benzene rings is 2. The van der Waals surface area contributed by atoms with Gasteiger partial charge in [0, 0.05) is 32.2 Å². The first-order valence-electron chi connectivity index (χ1n) is 6.26. The second-order valence-electron chi connectivity index (χ2n) is 4.73. The summed E-state index contributed by atoms with van der Waals surface area (Å²) in [5.41, 5.74) is 1.92. The molecule has 106 valence electrons. The molecule has 5 heteroatoms. The normalized spacial score (nSPS) is 11.0. The number of hydrogen-bond acceptors (Lipinski definition) is 1. The Morgan fingerprint density at radius 2 is 2.05 bits per heavy atom. The van der Waals surface area contributed by atoms with Crippen molar-refractivity contribution in [3.63, 3.8) is 0 Å². The van der Waals surface area contributed by atoms with Gasteiger partial charge in [0.15, 0.2) is 6.29 Å². The Morgan fingerprint density at radius 1 is 1.24 bits per heavy atom. The Kier molecular flexibility index (Phi) is 3.83. The van der Waals surface area contributed by atoms with Gasteiger partial charge in [0.2, 0.25) is 0 Å². The van der Waals surface area contributed by atoms with E-state index in [1.165, 1.54) is 6.07 Å². The van der Waals surface area contributed by atoms with Crippen LogP contribution in [0.5, 0.6) is 0 Å². The number of fused-ring (bicyclic) bond motifs is 1. The lowest BCUT2D eigenvalue weighted by Gasteiger charge is -2.07. The Labute approximate surface area is 134 Å². The van der Waals surface area contributed by atoms with Crippen molar-refractivity contribution >= 4 is 44.7 Å². The highest BCUT2D eigenvalue weighted by molar-refractivity contribution is 9.10. The van der Waals surface area contributed by atoms with Crippen molar-refractivity contribution in [2.24, 2.45) is 0 Å². The van der Waals surface area contributed by atoms with E-state index in [0.717, 1.165) is 21.7 Å². The molecule has 2 aromatic carbocycles. The number of carbonyl (C=O) groups is 1. The fourth-order valence-corrected chi connectivity index (χ4v) is 2.94. The molecular formula is C16H10BrClFNO. The van der Waals surface area contributed by atoms with Gasteiger partial charge >= 0.3 is 0 Å². The molecule has 0 aliphatic rings. The molecule has 0 saturated heterocycles. The molecule has 3 aromatic rings. The number of aromatic nitrogens is 1. The minimum atomic E-state index is -0.283. The molecule has 0 spiro atoms. The molecule has 0 atom stereocenters. The van der Waals surface area contributed by atoms with Gasteiger partial charge in [0.1, 0.15) is 5.82 Å². The second-order valence-corrected chi connectivity index (χ2v) is 6.08. The van der Waals surface area contributed by atoms with Crippen LogP contribution in [0.25, 0.3) is 10.9 Å². The van der Waals surface area contributed by atoms with Crippen molar-refractivity contribution in [2.45, 2.75) is 6.54 Å². The van der Waals surface area contributed by atoms with E-state index in [-0.39, 0.29) is 5.82 Å². The van der Waals surface area contributed by atoms with Crippen LogP contribution in [-0.2, 0) is 6.54 Å². The second kappa shape index (κ2) is 5.62. The Balaban J connectivity index is 2.14. The van der Waals surface area contributed by atoms with Crippen molar-refractivity contribution in [1.82, 2.24) is 4.57 Å². The zero-order chi connectivity index (χ0) is 15.0. The number of aldehydes is 1. The van der Waals surface area contributed by atoms with Gasteiger partial charge in [0.25, 0.3) is 0 Å². The molecule has 2 nitrogen and oxygen atoms in total. The molecule has 0 N–H and O–H groups in total. The lowest BCUT2D eigenvalue weighted by atomic mass is 10.2. The highest BCUT2D eigenvalue weighted by Gasteiger charge is 2.11. The Morgan fingerprint density at radius 3 is 2.81 bits per heavy atom. The summed E-state index contributed by atoms with van der Waals surface area (Å²) in [5.74, 6) is -0.283. The zero-order valence-electron chi connectivity index (χ0n) is 10.8. The summed E-state index contributed by atoms with van der Waals surface area (Å²) in [6, 6.07) is 10.1. The van der Waals surface area contributed by atoms with E-state index in [1.807, 2.05) is 4.57 Å². The van der Waals surface area contributed by atoms with Crippen LogP contribution in [0.4, 0.5) is 4.39 Å². The summed E-state index contributed by atoms with van der Waals surface area (Å²) in [6.07, 6.45) is 2.51. The maximum absolute atomic E-state index is 13.9. The molecule has 3 rings (SSSR count). The number of halogens is 3. The molecule has 0 aliphatic heterocycles. The first-order valence-corrected chi connectivity index (χ1v) is 7.43. The van der Waals surface area contributed by atoms with Gasteiger partial charge in [-0.3, -0.25) is 4.79 Å². The van der Waals surface area contributed by atoms with Crippen molar-refractivity contribution in [1.29, 1.82) is 0 Å². The van der Waals surface area contributed by atoms with Crippen LogP contribution in [0.1, 0.15) is 15.9 Å². The highest BCUT2D eigenvalue weighted by atomic mass is 79.9. The highest BCUT2D eigenvalue weighted by Crippen LogP contribution is 2.26. The Bertz CT molecular complexity index is 844. The molecule has 0 aliphatic carbocycles. The van der Waals surface area contributed by atoms with Crippen LogP contribution in [0.2, 0.25) is 5.02 Å². The maximum Gasteiger partial charge on any atom is 0.152 e. The lowest BCUT2D eigenvalue weighted by Crippen LogP contribution is -2.00. The van der Waals surface area contributed by atoms with Gasteiger partial charge in [-0.2, -0.15) is 0 Å². The molecule has 1 aromatic heterocycles. The number of carbonyl (C=O) groups excluding carboxylic acids is 1. The van der Waals surface area contributed by atoms with Crippen molar-refractivity contribution < 1.29 is 9.18 Å². The van der Waals surface area contributed by atoms with Crippen LogP contribution in [0, 0.1) is 5.82 Å². The SMILES string of the molecule is O=Cc1cn(Cc2cc(Br)ccc2F)c2cc(Cl)ccc12. The van der Waals surface area contributed by atoms with Crippen molar-refractivity contribution in [2.75, 3.05) is 0 Å². The first kappa shape index (κ1) is 14.3. The van der Waals surface area contributed by atoms with E-state index in [4.69, 9.17) is 11.6 Å². The Hall–Kier alpha value is -1.65. The summed E-state index contributed by atoms with van der Waals surface area (Å²) >= 11 is 9.36. The minimum absolute atomic E-state index is 0.283. The third-order valence-corrected chi connectivity index (χ3v) is 4.08. The van der Waals surface area contributed by atoms with Crippen LogP contribution >= 0.6 is 27.5 Å². The summed E-state index contributed by atoms with van der Waals surface area (Å²) in [4.78, 5) is 11.2. The van der Waals surface area contributed by atoms with E-state index in [9.17, 15) is 9.18 Å². The monoisotopic (exact) mass is 365 g/mol. The van der Waals surface area contributed by atoms with Crippen LogP contribution in [0.15, 0.2) is 47.1 Å². The topological polar surface area (TPSA) is 22.0 Å². The van der Waals surface area contributed by atoms with Gasteiger partial charge in [-0.1, -0.05) is 33.6 Å². The van der Waals surface area contributed by atoms with E-state index in [2.05, 4.69) is 15.9 Å². The van der Waals surface area contributed by atoms with Crippen LogP contribution < -0.4 is 0 Å². The third-order valence-electron chi connectivity index (χ3n) is 3.35. The van der Waals surface area contributed by atoms with Gasteiger partial charge in [-0.15, -0.1) is 0 Å². The average Bonchev–Trinajstić information content (AvgIpc) is 2.80. The summed E-state index contributed by atoms with van der Waals surface area (Å²) in [5, 5.41) is 1.39. The summed E-state index contributed by atoms with van der Waals surface area (Å²) in [6.45, 7) is 0.329. The fraction of sp³-hybridized carbons (Fsp3) is 0.0625. The molecule has 0 unspecified atom stereocenters. The smallest absolute Gasteiger partial charge is 0.152 e. The summed E-state index contributed by atoms with van der Waals surface area (Å²) in [7, 11) is 0. The third kappa shape index (κ3) is 2.74. The van der Waals surface area contributed by atoms with Gasteiger partial charge in [0.05, 0.1) is 12.1 Å². The molecule has 0 bridgehead atoms. The number of rotatable bonds is 3. The van der Waals surface area contributed by atoms with Gasteiger partial charge in [-0.05, 0) is 30.3 Å². The van der Waals surface area contributed by atoms with E-state index < -0.39 is 0 Å². The number of hydrogen-bond donors (Lipinski definition) is 0. The maximum atomic E-state index is 13.9. The zero-order valence-corrected chi connectivity index (χ0v) is 13.2. The molecule has 0 saturated carbocycles. The van der Waals surface area contributed by atoms with Crippen LogP contribution in [-0.4, -0.2) is 10.9 Å². The lowest BCUT2D eigenvalue weighted by molar-refractivity contribution is 0.112. The molecule has 0 radical (unpaired) electrons. The molecule has 0 amide bonds. The molecule has 1 heterocycles. The van der Waals surface area contributed by atoms with Crippen molar-refractivity contribution in [3.8, 4) is 0 Å². The van der Waals surface area contributed by atoms with E-state index >= 15 is 0 Å². The first-order chi connectivity index (χ1) is 10.1. The van der Waals surface area contributed by atoms with Crippen molar-refractivity contribution in [3.05, 3.63) is 69.0 Å². The average molecular weight is 367 g/mol. The fourth-order valence-electron chi connectivity index (χ4n) is 2.37. The largest absolute Gasteiger partial charge is 0.342 e. The van der Waals surface area contributed by atoms with Crippen LogP contribution in [0.3, 0.4) is 0 Å². The molecular weight excluding hydrogens is 357 g/mol. The molecule has 21 heavy (non-hydrogen) atoms. The standard InChI is InChI=1S/C16H10BrClFNO/c17-12-1-4-15(19)10(5-12)7-20-8-11(9-21)14-3-2-13(18)6-16(14)20/h1-6,8-9H,7H2. The van der Waals surface area contributed by atoms with Gasteiger partial charge < -0.3 is 4.57 Å². The van der Waals surface area contributed by atoms with E-state index in [0.29, 0.717) is 22.7 Å². The predicted molar refractivity (Wildman–Crippen MR) is 85.5 cm³/mol. The minimum Gasteiger partial charge on any atom is -0.342 e. The summed E-state index contributed by atoms with van der Waals surface area (Å²) < 4.78 is 16.5. The number of nitrogens with zero attached hydrogens (tertiary/aromatic N) is 1.